The van der Waals surface area contributed by atoms with Gasteiger partial charge in [0.2, 0.25) is 0 Å². The molecule has 0 saturated heterocycles. The van der Waals surface area contributed by atoms with Crippen LogP contribution in [0.1, 0.15) is 38.3 Å². The molecule has 0 spiro atoms. The Morgan fingerprint density at radius 3 is 2.35 bits per heavy atom. The lowest BCUT2D eigenvalue weighted by molar-refractivity contribution is -0.274. The van der Waals surface area contributed by atoms with Crippen LogP contribution in [-0.2, 0) is 0 Å². The number of benzene rings is 1. The number of aromatic nitrogens is 2. The summed E-state index contributed by atoms with van der Waals surface area (Å²) in [4.78, 5) is 11.2. The van der Waals surface area contributed by atoms with E-state index in [9.17, 15) is 13.2 Å². The van der Waals surface area contributed by atoms with E-state index >= 15 is 0 Å². The lowest BCUT2D eigenvalue weighted by atomic mass is 9.88. The zero-order chi connectivity index (χ0) is 21.8. The van der Waals surface area contributed by atoms with Gasteiger partial charge in [-0.1, -0.05) is 6.92 Å². The third kappa shape index (κ3) is 5.71. The van der Waals surface area contributed by atoms with Crippen LogP contribution in [0.2, 0.25) is 0 Å². The van der Waals surface area contributed by atoms with Crippen molar-refractivity contribution in [2.24, 2.45) is 10.9 Å². The summed E-state index contributed by atoms with van der Waals surface area (Å²) in [5.41, 5.74) is 2.43. The Hall–Kier alpha value is -3.16. The summed E-state index contributed by atoms with van der Waals surface area (Å²) in [5.74, 6) is 1.39. The second-order valence-electron chi connectivity index (χ2n) is 7.86. The van der Waals surface area contributed by atoms with Gasteiger partial charge in [-0.2, -0.15) is 0 Å². The number of rotatable bonds is 6. The standard InChI is InChI=1S/C23H24F3N3O2/c1-15-4-6-16(7-5-15)28-14-21-22(13-20(29-21)19-3-2-12-27-19)30-17-8-10-18(11-9-17)31-23(24,25)26/h2-3,8-16,27,29H,4-7H2,1H3. The predicted octanol–water partition coefficient (Wildman–Crippen LogP) is 6.70. The van der Waals surface area contributed by atoms with Crippen LogP contribution in [0.15, 0.2) is 53.7 Å². The van der Waals surface area contributed by atoms with E-state index in [1.54, 1.807) is 6.21 Å². The summed E-state index contributed by atoms with van der Waals surface area (Å²) in [6.45, 7) is 2.27. The fourth-order valence-electron chi connectivity index (χ4n) is 3.68. The van der Waals surface area contributed by atoms with Gasteiger partial charge in [-0.15, -0.1) is 13.2 Å². The molecule has 164 valence electrons. The number of alkyl halides is 3. The average Bonchev–Trinajstić information content (AvgIpc) is 3.38. The molecule has 2 heterocycles. The number of halogens is 3. The van der Waals surface area contributed by atoms with Crippen LogP contribution in [0.25, 0.3) is 11.4 Å². The molecule has 0 amide bonds. The van der Waals surface area contributed by atoms with Crippen molar-refractivity contribution < 1.29 is 22.6 Å². The lowest BCUT2D eigenvalue weighted by Gasteiger charge is -2.22. The van der Waals surface area contributed by atoms with E-state index in [-0.39, 0.29) is 5.75 Å². The van der Waals surface area contributed by atoms with E-state index in [0.717, 1.165) is 30.1 Å². The molecule has 1 aromatic carbocycles. The van der Waals surface area contributed by atoms with Crippen LogP contribution in [0, 0.1) is 5.92 Å². The molecule has 1 fully saturated rings. The van der Waals surface area contributed by atoms with Gasteiger partial charge in [0, 0.05) is 18.5 Å². The molecule has 0 radical (unpaired) electrons. The molecule has 0 aliphatic heterocycles. The molecule has 2 aromatic heterocycles. The Morgan fingerprint density at radius 2 is 1.71 bits per heavy atom. The van der Waals surface area contributed by atoms with Gasteiger partial charge in [0.05, 0.1) is 17.4 Å². The molecule has 4 rings (SSSR count). The van der Waals surface area contributed by atoms with Crippen molar-refractivity contribution in [2.75, 3.05) is 0 Å². The van der Waals surface area contributed by atoms with E-state index in [2.05, 4.69) is 21.6 Å². The quantitative estimate of drug-likeness (QED) is 0.427. The Labute approximate surface area is 178 Å². The van der Waals surface area contributed by atoms with E-state index < -0.39 is 6.36 Å². The monoisotopic (exact) mass is 431 g/mol. The van der Waals surface area contributed by atoms with Gasteiger partial charge in [-0.3, -0.25) is 4.99 Å². The highest BCUT2D eigenvalue weighted by molar-refractivity contribution is 5.84. The summed E-state index contributed by atoms with van der Waals surface area (Å²) in [7, 11) is 0. The molecule has 5 nitrogen and oxygen atoms in total. The number of hydrogen-bond acceptors (Lipinski definition) is 3. The van der Waals surface area contributed by atoms with Crippen molar-refractivity contribution in [1.82, 2.24) is 9.97 Å². The number of H-pyrrole nitrogens is 2. The second kappa shape index (κ2) is 8.91. The number of hydrogen-bond donors (Lipinski definition) is 2. The Morgan fingerprint density at radius 1 is 1.00 bits per heavy atom. The van der Waals surface area contributed by atoms with E-state index in [4.69, 9.17) is 9.73 Å². The highest BCUT2D eigenvalue weighted by Crippen LogP contribution is 2.32. The zero-order valence-corrected chi connectivity index (χ0v) is 17.1. The van der Waals surface area contributed by atoms with Gasteiger partial charge in [-0.05, 0) is 68.0 Å². The topological polar surface area (TPSA) is 62.4 Å². The Balaban J connectivity index is 1.54. The number of ether oxygens (including phenoxy) is 2. The molecular weight excluding hydrogens is 407 g/mol. The first-order valence-corrected chi connectivity index (χ1v) is 10.3. The summed E-state index contributed by atoms with van der Waals surface area (Å²) >= 11 is 0. The first kappa shape index (κ1) is 21.1. The fraction of sp³-hybridized carbons (Fsp3) is 0.348. The van der Waals surface area contributed by atoms with Crippen molar-refractivity contribution in [3.8, 4) is 28.6 Å². The van der Waals surface area contributed by atoms with Gasteiger partial charge in [0.25, 0.3) is 0 Å². The molecule has 1 saturated carbocycles. The lowest BCUT2D eigenvalue weighted by Crippen LogP contribution is -2.16. The number of nitrogens with zero attached hydrogens (tertiary/aromatic N) is 1. The van der Waals surface area contributed by atoms with Crippen molar-refractivity contribution in [3.05, 3.63) is 54.4 Å². The van der Waals surface area contributed by atoms with Gasteiger partial charge >= 0.3 is 6.36 Å². The van der Waals surface area contributed by atoms with Crippen LogP contribution >= 0.6 is 0 Å². The van der Waals surface area contributed by atoms with Gasteiger partial charge in [0.15, 0.2) is 5.75 Å². The number of aliphatic imine (C=N–C) groups is 1. The minimum atomic E-state index is -4.73. The van der Waals surface area contributed by atoms with Crippen LogP contribution in [0.5, 0.6) is 17.2 Å². The first-order chi connectivity index (χ1) is 14.9. The van der Waals surface area contributed by atoms with Crippen LogP contribution in [-0.4, -0.2) is 28.6 Å². The zero-order valence-electron chi connectivity index (χ0n) is 17.1. The molecule has 1 aliphatic rings. The fourth-order valence-corrected chi connectivity index (χ4v) is 3.68. The summed E-state index contributed by atoms with van der Waals surface area (Å²) < 4.78 is 47.0. The molecule has 8 heteroatoms. The highest BCUT2D eigenvalue weighted by atomic mass is 19.4. The average molecular weight is 431 g/mol. The van der Waals surface area contributed by atoms with Crippen molar-refractivity contribution >= 4 is 6.21 Å². The minimum absolute atomic E-state index is 0.292. The molecule has 0 atom stereocenters. The first-order valence-electron chi connectivity index (χ1n) is 10.3. The van der Waals surface area contributed by atoms with Gasteiger partial charge < -0.3 is 19.4 Å². The van der Waals surface area contributed by atoms with Crippen LogP contribution in [0.4, 0.5) is 13.2 Å². The number of aromatic amines is 2. The van der Waals surface area contributed by atoms with Crippen LogP contribution in [0.3, 0.4) is 0 Å². The number of nitrogens with one attached hydrogen (secondary N) is 2. The predicted molar refractivity (Wildman–Crippen MR) is 113 cm³/mol. The van der Waals surface area contributed by atoms with Gasteiger partial charge in [0.1, 0.15) is 17.2 Å². The second-order valence-corrected chi connectivity index (χ2v) is 7.86. The summed E-state index contributed by atoms with van der Waals surface area (Å²) in [5, 5.41) is 0. The molecule has 2 N–H and O–H groups in total. The maximum atomic E-state index is 12.4. The maximum Gasteiger partial charge on any atom is 0.573 e. The van der Waals surface area contributed by atoms with Gasteiger partial charge in [-0.25, -0.2) is 0 Å². The summed E-state index contributed by atoms with van der Waals surface area (Å²) in [6.07, 6.45) is 3.38. The van der Waals surface area contributed by atoms with E-state index in [1.807, 2.05) is 24.4 Å². The van der Waals surface area contributed by atoms with Crippen LogP contribution < -0.4 is 9.47 Å². The molecule has 3 aromatic rings. The normalized spacial score (nSPS) is 19.6. The molecule has 0 bridgehead atoms. The Kier molecular flexibility index (Phi) is 6.06. The molecule has 31 heavy (non-hydrogen) atoms. The largest absolute Gasteiger partial charge is 0.573 e. The van der Waals surface area contributed by atoms with Crippen molar-refractivity contribution in [1.29, 1.82) is 0 Å². The molecule has 1 aliphatic carbocycles. The SMILES string of the molecule is CC1CCC(N=Cc2[nH]c(-c3ccc[nH]3)cc2Oc2ccc(OC(F)(F)F)cc2)CC1. The van der Waals surface area contributed by atoms with E-state index in [0.29, 0.717) is 23.2 Å². The van der Waals surface area contributed by atoms with E-state index in [1.165, 1.54) is 37.1 Å². The third-order valence-electron chi connectivity index (χ3n) is 5.38. The molecule has 0 unspecified atom stereocenters. The third-order valence-corrected chi connectivity index (χ3v) is 5.38. The smallest absolute Gasteiger partial charge is 0.455 e. The Bertz CT molecular complexity index is 1000. The van der Waals surface area contributed by atoms with Crippen molar-refractivity contribution in [3.63, 3.8) is 0 Å². The highest BCUT2D eigenvalue weighted by Gasteiger charge is 2.31. The minimum Gasteiger partial charge on any atom is -0.455 e. The maximum absolute atomic E-state index is 12.4. The summed E-state index contributed by atoms with van der Waals surface area (Å²) in [6, 6.07) is 11.3. The van der Waals surface area contributed by atoms with Crippen molar-refractivity contribution in [2.45, 2.75) is 45.0 Å². The molecular formula is C23H24F3N3O2.